The molecule has 0 bridgehead atoms. The Morgan fingerprint density at radius 1 is 1.32 bits per heavy atom. The maximum Gasteiger partial charge on any atom is 0.262 e. The zero-order chi connectivity index (χ0) is 18.4. The SMILES string of the molecule is CCOc1cc(C#N)cc(Br)c1OCC(=O)Nc1ccc(C)c(Cl)c1. The van der Waals surface area contributed by atoms with Gasteiger partial charge in [-0.1, -0.05) is 17.7 Å². The normalized spacial score (nSPS) is 10.0. The zero-order valence-electron chi connectivity index (χ0n) is 13.7. The summed E-state index contributed by atoms with van der Waals surface area (Å²) in [5.74, 6) is 0.441. The first-order chi connectivity index (χ1) is 11.9. The highest BCUT2D eigenvalue weighted by Gasteiger charge is 2.14. The van der Waals surface area contributed by atoms with Crippen LogP contribution in [0.4, 0.5) is 5.69 Å². The van der Waals surface area contributed by atoms with Crippen molar-refractivity contribution in [1.29, 1.82) is 5.26 Å². The van der Waals surface area contributed by atoms with E-state index in [1.54, 1.807) is 24.3 Å². The third kappa shape index (κ3) is 5.12. The summed E-state index contributed by atoms with van der Waals surface area (Å²) < 4.78 is 11.6. The minimum absolute atomic E-state index is 0.212. The molecule has 0 saturated heterocycles. The van der Waals surface area contributed by atoms with Crippen LogP contribution in [0.25, 0.3) is 0 Å². The summed E-state index contributed by atoms with van der Waals surface area (Å²) in [7, 11) is 0. The molecule has 5 nitrogen and oxygen atoms in total. The highest BCUT2D eigenvalue weighted by Crippen LogP contribution is 2.36. The number of amides is 1. The Morgan fingerprint density at radius 3 is 2.72 bits per heavy atom. The van der Waals surface area contributed by atoms with Crippen LogP contribution in [0.2, 0.25) is 5.02 Å². The van der Waals surface area contributed by atoms with Gasteiger partial charge in [0.25, 0.3) is 5.91 Å². The van der Waals surface area contributed by atoms with Crippen molar-refractivity contribution < 1.29 is 14.3 Å². The van der Waals surface area contributed by atoms with Crippen molar-refractivity contribution in [1.82, 2.24) is 0 Å². The van der Waals surface area contributed by atoms with Gasteiger partial charge in [0, 0.05) is 16.8 Å². The highest BCUT2D eigenvalue weighted by atomic mass is 79.9. The van der Waals surface area contributed by atoms with Gasteiger partial charge < -0.3 is 14.8 Å². The molecule has 2 aromatic rings. The molecule has 0 spiro atoms. The van der Waals surface area contributed by atoms with E-state index in [4.69, 9.17) is 26.3 Å². The predicted molar refractivity (Wildman–Crippen MR) is 100 cm³/mol. The summed E-state index contributed by atoms with van der Waals surface area (Å²) in [6.45, 7) is 3.90. The van der Waals surface area contributed by atoms with Crippen LogP contribution in [0.15, 0.2) is 34.8 Å². The number of hydrogen-bond donors (Lipinski definition) is 1. The van der Waals surface area contributed by atoms with Gasteiger partial charge in [-0.15, -0.1) is 0 Å². The lowest BCUT2D eigenvalue weighted by Crippen LogP contribution is -2.20. The second kappa shape index (κ2) is 8.75. The number of carbonyl (C=O) groups excluding carboxylic acids is 1. The molecular weight excluding hydrogens is 408 g/mol. The number of aryl methyl sites for hydroxylation is 1. The fourth-order valence-corrected chi connectivity index (χ4v) is 2.78. The lowest BCUT2D eigenvalue weighted by Gasteiger charge is -2.14. The van der Waals surface area contributed by atoms with E-state index in [1.807, 2.05) is 26.0 Å². The van der Waals surface area contributed by atoms with Crippen molar-refractivity contribution in [3.05, 3.63) is 51.0 Å². The molecule has 0 radical (unpaired) electrons. The number of halogens is 2. The fourth-order valence-electron chi connectivity index (χ4n) is 2.04. The van der Waals surface area contributed by atoms with Crippen LogP contribution >= 0.6 is 27.5 Å². The first kappa shape index (κ1) is 19.1. The third-order valence-corrected chi connectivity index (χ3v) is 4.24. The first-order valence-corrected chi connectivity index (χ1v) is 8.67. The van der Waals surface area contributed by atoms with E-state index in [0.29, 0.717) is 38.9 Å². The molecule has 0 fully saturated rings. The molecular formula is C18H16BrClN2O3. The molecule has 0 saturated carbocycles. The second-order valence-electron chi connectivity index (χ2n) is 5.13. The summed E-state index contributed by atoms with van der Waals surface area (Å²) in [4.78, 5) is 12.1. The maximum absolute atomic E-state index is 12.1. The number of hydrogen-bond acceptors (Lipinski definition) is 4. The maximum atomic E-state index is 12.1. The van der Waals surface area contributed by atoms with E-state index in [1.165, 1.54) is 0 Å². The molecule has 0 heterocycles. The smallest absolute Gasteiger partial charge is 0.262 e. The number of nitrogens with zero attached hydrogens (tertiary/aromatic N) is 1. The van der Waals surface area contributed by atoms with E-state index in [-0.39, 0.29) is 12.5 Å². The van der Waals surface area contributed by atoms with Crippen LogP contribution in [0.1, 0.15) is 18.1 Å². The molecule has 0 atom stereocenters. The van der Waals surface area contributed by atoms with E-state index < -0.39 is 0 Å². The minimum Gasteiger partial charge on any atom is -0.490 e. The van der Waals surface area contributed by atoms with Crippen molar-refractivity contribution in [3.63, 3.8) is 0 Å². The number of benzene rings is 2. The molecule has 7 heteroatoms. The largest absolute Gasteiger partial charge is 0.490 e. The minimum atomic E-state index is -0.335. The Balaban J connectivity index is 2.08. The molecule has 2 aromatic carbocycles. The molecule has 25 heavy (non-hydrogen) atoms. The molecule has 0 aliphatic rings. The predicted octanol–water partition coefficient (Wildman–Crippen LogP) is 4.70. The summed E-state index contributed by atoms with van der Waals surface area (Å²) in [5, 5.41) is 12.3. The van der Waals surface area contributed by atoms with Crippen LogP contribution in [0, 0.1) is 18.3 Å². The lowest BCUT2D eigenvalue weighted by atomic mass is 10.2. The molecule has 130 valence electrons. The van der Waals surface area contributed by atoms with Gasteiger partial charge in [0.2, 0.25) is 0 Å². The van der Waals surface area contributed by atoms with Gasteiger partial charge in [0.1, 0.15) is 0 Å². The van der Waals surface area contributed by atoms with E-state index in [9.17, 15) is 4.79 Å². The number of nitriles is 1. The van der Waals surface area contributed by atoms with Gasteiger partial charge >= 0.3 is 0 Å². The van der Waals surface area contributed by atoms with Crippen LogP contribution in [0.5, 0.6) is 11.5 Å². The van der Waals surface area contributed by atoms with E-state index in [0.717, 1.165) is 5.56 Å². The first-order valence-electron chi connectivity index (χ1n) is 7.49. The van der Waals surface area contributed by atoms with Crippen LogP contribution < -0.4 is 14.8 Å². The topological polar surface area (TPSA) is 71.3 Å². The van der Waals surface area contributed by atoms with Crippen molar-refractivity contribution in [2.45, 2.75) is 13.8 Å². The van der Waals surface area contributed by atoms with Crippen molar-refractivity contribution in [2.75, 3.05) is 18.5 Å². The van der Waals surface area contributed by atoms with Gasteiger partial charge in [-0.25, -0.2) is 0 Å². The quantitative estimate of drug-likeness (QED) is 0.731. The fraction of sp³-hybridized carbons (Fsp3) is 0.222. The number of rotatable bonds is 6. The second-order valence-corrected chi connectivity index (χ2v) is 6.39. The Kier molecular flexibility index (Phi) is 6.68. The summed E-state index contributed by atoms with van der Waals surface area (Å²) in [6, 6.07) is 10.5. The Labute approximate surface area is 159 Å². The lowest BCUT2D eigenvalue weighted by molar-refractivity contribution is -0.118. The van der Waals surface area contributed by atoms with Gasteiger partial charge in [-0.2, -0.15) is 5.26 Å². The number of anilines is 1. The van der Waals surface area contributed by atoms with E-state index >= 15 is 0 Å². The van der Waals surface area contributed by atoms with Gasteiger partial charge in [0.05, 0.1) is 22.7 Å². The van der Waals surface area contributed by atoms with Crippen molar-refractivity contribution in [2.24, 2.45) is 0 Å². The number of carbonyl (C=O) groups is 1. The average molecular weight is 424 g/mol. The summed E-state index contributed by atoms with van der Waals surface area (Å²) >= 11 is 9.38. The van der Waals surface area contributed by atoms with Gasteiger partial charge in [-0.05, 0) is 53.5 Å². The summed E-state index contributed by atoms with van der Waals surface area (Å²) in [5.41, 5.74) is 1.95. The molecule has 1 N–H and O–H groups in total. The van der Waals surface area contributed by atoms with Crippen molar-refractivity contribution >= 4 is 39.1 Å². The van der Waals surface area contributed by atoms with Crippen LogP contribution in [-0.2, 0) is 4.79 Å². The molecule has 1 amide bonds. The Hall–Kier alpha value is -2.23. The molecule has 0 aliphatic carbocycles. The number of ether oxygens (including phenoxy) is 2. The van der Waals surface area contributed by atoms with Crippen molar-refractivity contribution in [3.8, 4) is 17.6 Å². The van der Waals surface area contributed by atoms with Crippen LogP contribution in [-0.4, -0.2) is 19.1 Å². The Morgan fingerprint density at radius 2 is 2.08 bits per heavy atom. The molecule has 2 rings (SSSR count). The van der Waals surface area contributed by atoms with Gasteiger partial charge in [0.15, 0.2) is 18.1 Å². The third-order valence-electron chi connectivity index (χ3n) is 3.24. The molecule has 0 aliphatic heterocycles. The molecule has 0 aromatic heterocycles. The highest BCUT2D eigenvalue weighted by molar-refractivity contribution is 9.10. The standard InChI is InChI=1S/C18H16BrClN2O3/c1-3-24-16-7-12(9-21)6-14(19)18(16)25-10-17(23)22-13-5-4-11(2)15(20)8-13/h4-8H,3,10H2,1-2H3,(H,22,23). The Bertz CT molecular complexity index is 834. The zero-order valence-corrected chi connectivity index (χ0v) is 16.1. The number of nitrogens with one attached hydrogen (secondary N) is 1. The van der Waals surface area contributed by atoms with Gasteiger partial charge in [-0.3, -0.25) is 4.79 Å². The van der Waals surface area contributed by atoms with E-state index in [2.05, 4.69) is 21.2 Å². The molecule has 0 unspecified atom stereocenters. The monoisotopic (exact) mass is 422 g/mol. The van der Waals surface area contributed by atoms with Crippen LogP contribution in [0.3, 0.4) is 0 Å². The summed E-state index contributed by atoms with van der Waals surface area (Å²) in [6.07, 6.45) is 0. The average Bonchev–Trinajstić information content (AvgIpc) is 2.57.